The van der Waals surface area contributed by atoms with E-state index in [2.05, 4.69) is 17.0 Å². The Morgan fingerprint density at radius 3 is 2.50 bits per heavy atom. The maximum Gasteiger partial charge on any atom is 0.222 e. The average Bonchev–Trinajstić information content (AvgIpc) is 2.60. The molecule has 1 amide bonds. The van der Waals surface area contributed by atoms with Crippen LogP contribution in [-0.4, -0.2) is 53.6 Å². The third-order valence-corrected chi connectivity index (χ3v) is 5.82. The minimum absolute atomic E-state index is 0.158. The molecule has 2 aliphatic rings. The molecular weight excluding hydrogens is 324 g/mol. The van der Waals surface area contributed by atoms with Crippen molar-refractivity contribution in [1.82, 2.24) is 9.80 Å². The molecule has 0 radical (unpaired) electrons. The van der Waals surface area contributed by atoms with Gasteiger partial charge in [0.15, 0.2) is 0 Å². The molecule has 132 valence electrons. The van der Waals surface area contributed by atoms with E-state index in [0.717, 1.165) is 50.5 Å². The van der Waals surface area contributed by atoms with Gasteiger partial charge in [0, 0.05) is 37.7 Å². The second-order valence-electron chi connectivity index (χ2n) is 7.30. The van der Waals surface area contributed by atoms with Gasteiger partial charge in [0.2, 0.25) is 5.91 Å². The Balaban J connectivity index is 1.53. The number of rotatable bonds is 5. The minimum Gasteiger partial charge on any atom is -0.396 e. The fraction of sp³-hybridized carbons (Fsp3) is 0.632. The molecule has 2 heterocycles. The maximum absolute atomic E-state index is 12.1. The highest BCUT2D eigenvalue weighted by molar-refractivity contribution is 6.30. The topological polar surface area (TPSA) is 43.8 Å². The molecule has 0 atom stereocenters. The number of halogens is 1. The van der Waals surface area contributed by atoms with Gasteiger partial charge < -0.3 is 10.0 Å². The normalized spacial score (nSPS) is 21.4. The van der Waals surface area contributed by atoms with E-state index in [-0.39, 0.29) is 12.5 Å². The van der Waals surface area contributed by atoms with Crippen LogP contribution < -0.4 is 0 Å². The smallest absolute Gasteiger partial charge is 0.222 e. The predicted octanol–water partition coefficient (Wildman–Crippen LogP) is 2.93. The van der Waals surface area contributed by atoms with Gasteiger partial charge >= 0.3 is 0 Å². The van der Waals surface area contributed by atoms with Gasteiger partial charge in [0.1, 0.15) is 0 Å². The van der Waals surface area contributed by atoms with Crippen molar-refractivity contribution >= 4 is 17.5 Å². The molecule has 3 rings (SSSR count). The minimum atomic E-state index is 0.158. The number of carbonyl (C=O) groups is 1. The lowest BCUT2D eigenvalue weighted by Gasteiger charge is -2.47. The lowest BCUT2D eigenvalue weighted by Crippen LogP contribution is -2.51. The number of carbonyl (C=O) groups excluding carboxylic acids is 1. The number of hydrogen-bond donors (Lipinski definition) is 1. The zero-order valence-electron chi connectivity index (χ0n) is 14.2. The van der Waals surface area contributed by atoms with E-state index >= 15 is 0 Å². The molecule has 0 bridgehead atoms. The Hall–Kier alpha value is -1.10. The molecule has 0 saturated carbocycles. The number of aliphatic hydroxyl groups is 1. The van der Waals surface area contributed by atoms with Crippen LogP contribution in [-0.2, 0) is 11.3 Å². The summed E-state index contributed by atoms with van der Waals surface area (Å²) in [6.07, 6.45) is 4.69. The first-order chi connectivity index (χ1) is 11.6. The molecule has 2 saturated heterocycles. The molecule has 1 aromatic rings. The van der Waals surface area contributed by atoms with Crippen molar-refractivity contribution in [1.29, 1.82) is 0 Å². The van der Waals surface area contributed by atoms with Gasteiger partial charge in [-0.2, -0.15) is 0 Å². The lowest BCUT2D eigenvalue weighted by atomic mass is 9.72. The summed E-state index contributed by atoms with van der Waals surface area (Å²) in [7, 11) is 0. The van der Waals surface area contributed by atoms with Gasteiger partial charge in [-0.25, -0.2) is 0 Å². The molecule has 5 heteroatoms. The summed E-state index contributed by atoms with van der Waals surface area (Å²) >= 11 is 5.95. The van der Waals surface area contributed by atoms with Crippen molar-refractivity contribution in [2.24, 2.45) is 5.41 Å². The first-order valence-corrected chi connectivity index (χ1v) is 9.33. The first-order valence-electron chi connectivity index (χ1n) is 8.96. The van der Waals surface area contributed by atoms with Gasteiger partial charge in [-0.1, -0.05) is 23.7 Å². The van der Waals surface area contributed by atoms with E-state index in [1.54, 1.807) is 0 Å². The van der Waals surface area contributed by atoms with Gasteiger partial charge in [-0.05, 0) is 61.9 Å². The van der Waals surface area contributed by atoms with Crippen molar-refractivity contribution in [2.45, 2.75) is 38.6 Å². The summed E-state index contributed by atoms with van der Waals surface area (Å²) in [5.41, 5.74) is 1.60. The molecule has 4 nitrogen and oxygen atoms in total. The van der Waals surface area contributed by atoms with Crippen LogP contribution in [0.3, 0.4) is 0 Å². The Morgan fingerprint density at radius 1 is 1.12 bits per heavy atom. The number of piperidine rings is 2. The molecule has 0 unspecified atom stereocenters. The summed E-state index contributed by atoms with van der Waals surface area (Å²) in [4.78, 5) is 16.6. The van der Waals surface area contributed by atoms with Crippen LogP contribution in [0, 0.1) is 5.41 Å². The van der Waals surface area contributed by atoms with Crippen LogP contribution in [0.5, 0.6) is 0 Å². The summed E-state index contributed by atoms with van der Waals surface area (Å²) in [6.45, 7) is 4.88. The third kappa shape index (κ3) is 4.29. The molecule has 0 aliphatic carbocycles. The largest absolute Gasteiger partial charge is 0.396 e. The lowest BCUT2D eigenvalue weighted by molar-refractivity contribution is -0.139. The van der Waals surface area contributed by atoms with E-state index in [0.29, 0.717) is 24.8 Å². The Kier molecular flexibility index (Phi) is 5.80. The zero-order chi connectivity index (χ0) is 17.0. The molecule has 1 N–H and O–H groups in total. The number of likely N-dealkylation sites (tertiary alicyclic amines) is 2. The molecule has 24 heavy (non-hydrogen) atoms. The van der Waals surface area contributed by atoms with Crippen molar-refractivity contribution in [2.75, 3.05) is 32.8 Å². The van der Waals surface area contributed by atoms with Gasteiger partial charge in [0.25, 0.3) is 0 Å². The van der Waals surface area contributed by atoms with E-state index < -0.39 is 0 Å². The number of nitrogens with zero attached hydrogens (tertiary/aromatic N) is 2. The quantitative estimate of drug-likeness (QED) is 0.888. The predicted molar refractivity (Wildman–Crippen MR) is 95.9 cm³/mol. The highest BCUT2D eigenvalue weighted by Gasteiger charge is 2.40. The van der Waals surface area contributed by atoms with Crippen LogP contribution in [0.25, 0.3) is 0 Å². The summed E-state index contributed by atoms with van der Waals surface area (Å²) in [6, 6.07) is 8.10. The molecular formula is C19H27ClN2O2. The van der Waals surface area contributed by atoms with Crippen LogP contribution in [0.1, 0.15) is 37.7 Å². The zero-order valence-corrected chi connectivity index (χ0v) is 15.0. The first kappa shape index (κ1) is 17.7. The number of aliphatic hydroxyl groups excluding tert-OH is 1. The SMILES string of the molecule is O=C1CCC2(CCN(Cc3ccc(Cl)cc3)CC2)CN1CCCO. The van der Waals surface area contributed by atoms with E-state index in [1.165, 1.54) is 5.56 Å². The molecule has 1 spiro atoms. The van der Waals surface area contributed by atoms with E-state index in [1.807, 2.05) is 17.0 Å². The van der Waals surface area contributed by atoms with Gasteiger partial charge in [-0.15, -0.1) is 0 Å². The third-order valence-electron chi connectivity index (χ3n) is 5.57. The van der Waals surface area contributed by atoms with E-state index in [9.17, 15) is 4.79 Å². The average molecular weight is 351 g/mol. The molecule has 0 aromatic heterocycles. The highest BCUT2D eigenvalue weighted by atomic mass is 35.5. The summed E-state index contributed by atoms with van der Waals surface area (Å²) in [5, 5.41) is 9.81. The fourth-order valence-corrected chi connectivity index (χ4v) is 4.14. The second-order valence-corrected chi connectivity index (χ2v) is 7.73. The Bertz CT molecular complexity index is 553. The number of amides is 1. The van der Waals surface area contributed by atoms with Crippen molar-refractivity contribution < 1.29 is 9.90 Å². The van der Waals surface area contributed by atoms with E-state index in [4.69, 9.17) is 16.7 Å². The maximum atomic E-state index is 12.1. The Morgan fingerprint density at radius 2 is 1.83 bits per heavy atom. The second kappa shape index (κ2) is 7.85. The number of benzene rings is 1. The van der Waals surface area contributed by atoms with Crippen molar-refractivity contribution in [3.05, 3.63) is 34.9 Å². The van der Waals surface area contributed by atoms with Crippen LogP contribution >= 0.6 is 11.6 Å². The Labute approximate surface area is 149 Å². The monoisotopic (exact) mass is 350 g/mol. The molecule has 2 aliphatic heterocycles. The standard InChI is InChI=1S/C19H27ClN2O2/c20-17-4-2-16(3-5-17)14-21-11-8-19(9-12-21)7-6-18(24)22(15-19)10-1-13-23/h2-5,23H,1,6-15H2. The molecule has 2 fully saturated rings. The van der Waals surface area contributed by atoms with Crippen molar-refractivity contribution in [3.63, 3.8) is 0 Å². The highest BCUT2D eigenvalue weighted by Crippen LogP contribution is 2.40. The summed E-state index contributed by atoms with van der Waals surface area (Å²) in [5.74, 6) is 0.262. The van der Waals surface area contributed by atoms with Crippen molar-refractivity contribution in [3.8, 4) is 0 Å². The summed E-state index contributed by atoms with van der Waals surface area (Å²) < 4.78 is 0. The van der Waals surface area contributed by atoms with Crippen LogP contribution in [0.4, 0.5) is 0 Å². The molecule has 1 aromatic carbocycles. The van der Waals surface area contributed by atoms with Crippen LogP contribution in [0.15, 0.2) is 24.3 Å². The van der Waals surface area contributed by atoms with Gasteiger partial charge in [0.05, 0.1) is 0 Å². The fourth-order valence-electron chi connectivity index (χ4n) is 4.01. The van der Waals surface area contributed by atoms with Gasteiger partial charge in [-0.3, -0.25) is 9.69 Å². The van der Waals surface area contributed by atoms with Crippen LogP contribution in [0.2, 0.25) is 5.02 Å². The number of hydrogen-bond acceptors (Lipinski definition) is 3.